The number of nitrogens with one attached hydrogen (secondary N) is 1. The zero-order valence-electron chi connectivity index (χ0n) is 18.2. The molecular weight excluding hydrogens is 380 g/mol. The fourth-order valence-electron chi connectivity index (χ4n) is 4.39. The zero-order chi connectivity index (χ0) is 21.5. The first-order valence-corrected chi connectivity index (χ1v) is 11.1. The fourth-order valence-corrected chi connectivity index (χ4v) is 4.39. The van der Waals surface area contributed by atoms with Gasteiger partial charge in [-0.2, -0.15) is 0 Å². The normalized spacial score (nSPS) is 22.0. The van der Waals surface area contributed by atoms with Crippen molar-refractivity contribution in [3.8, 4) is 0 Å². The predicted octanol–water partition coefficient (Wildman–Crippen LogP) is 2.64. The summed E-state index contributed by atoms with van der Waals surface area (Å²) >= 11 is 0. The SMILES string of the molecule is CCCCNC(=O)N1CC(C(=O)N2CCN(C(C)=O)CC2)CCC1c1ccccc1. The van der Waals surface area contributed by atoms with Crippen LogP contribution in [0.15, 0.2) is 30.3 Å². The van der Waals surface area contributed by atoms with Crippen LogP contribution in [0.1, 0.15) is 51.1 Å². The third-order valence-corrected chi connectivity index (χ3v) is 6.22. The molecule has 7 nitrogen and oxygen atoms in total. The van der Waals surface area contributed by atoms with Crippen LogP contribution in [0.2, 0.25) is 0 Å². The van der Waals surface area contributed by atoms with Crippen LogP contribution in [0, 0.1) is 5.92 Å². The van der Waals surface area contributed by atoms with E-state index in [0.29, 0.717) is 39.3 Å². The molecule has 7 heteroatoms. The summed E-state index contributed by atoms with van der Waals surface area (Å²) < 4.78 is 0. The number of unbranched alkanes of at least 4 members (excludes halogenated alkanes) is 1. The number of likely N-dealkylation sites (tertiary alicyclic amines) is 1. The van der Waals surface area contributed by atoms with Gasteiger partial charge in [0.05, 0.1) is 12.0 Å². The van der Waals surface area contributed by atoms with Crippen molar-refractivity contribution in [1.29, 1.82) is 0 Å². The standard InChI is InChI=1S/C23H34N4O3/c1-3-4-12-24-23(30)27-17-20(10-11-21(27)19-8-6-5-7-9-19)22(29)26-15-13-25(14-16-26)18(2)28/h5-9,20-21H,3-4,10-17H2,1-2H3,(H,24,30). The van der Waals surface area contributed by atoms with Crippen molar-refractivity contribution in [2.75, 3.05) is 39.3 Å². The molecule has 2 heterocycles. The summed E-state index contributed by atoms with van der Waals surface area (Å²) in [6, 6.07) is 9.98. The Morgan fingerprint density at radius 1 is 1.00 bits per heavy atom. The Bertz CT molecular complexity index is 731. The number of piperidine rings is 1. The Morgan fingerprint density at radius 3 is 2.30 bits per heavy atom. The minimum absolute atomic E-state index is 0.00793. The lowest BCUT2D eigenvalue weighted by atomic mass is 9.88. The maximum Gasteiger partial charge on any atom is 0.317 e. The third-order valence-electron chi connectivity index (χ3n) is 6.22. The summed E-state index contributed by atoms with van der Waals surface area (Å²) in [4.78, 5) is 43.2. The summed E-state index contributed by atoms with van der Waals surface area (Å²) in [6.45, 7) is 7.06. The van der Waals surface area contributed by atoms with Gasteiger partial charge in [0.2, 0.25) is 11.8 Å². The number of rotatable bonds is 5. The lowest BCUT2D eigenvalue weighted by Crippen LogP contribution is -2.55. The lowest BCUT2D eigenvalue weighted by Gasteiger charge is -2.42. The van der Waals surface area contributed by atoms with Crippen molar-refractivity contribution in [1.82, 2.24) is 20.0 Å². The molecule has 0 aliphatic carbocycles. The highest BCUT2D eigenvalue weighted by atomic mass is 16.2. The molecular formula is C23H34N4O3. The van der Waals surface area contributed by atoms with Crippen molar-refractivity contribution >= 4 is 17.8 Å². The van der Waals surface area contributed by atoms with Gasteiger partial charge in [-0.15, -0.1) is 0 Å². The van der Waals surface area contributed by atoms with Gasteiger partial charge in [0.15, 0.2) is 0 Å². The van der Waals surface area contributed by atoms with Gasteiger partial charge in [0.25, 0.3) is 0 Å². The van der Waals surface area contributed by atoms with E-state index in [9.17, 15) is 14.4 Å². The zero-order valence-corrected chi connectivity index (χ0v) is 18.2. The minimum atomic E-state index is -0.189. The van der Waals surface area contributed by atoms with Crippen molar-refractivity contribution in [2.45, 2.75) is 45.6 Å². The summed E-state index contributed by atoms with van der Waals surface area (Å²) in [5, 5.41) is 3.03. The van der Waals surface area contributed by atoms with Crippen molar-refractivity contribution in [2.24, 2.45) is 5.92 Å². The van der Waals surface area contributed by atoms with Crippen LogP contribution in [0.25, 0.3) is 0 Å². The van der Waals surface area contributed by atoms with Gasteiger partial charge in [-0.1, -0.05) is 43.7 Å². The van der Waals surface area contributed by atoms with E-state index in [1.807, 2.05) is 28.0 Å². The number of nitrogens with zero attached hydrogens (tertiary/aromatic N) is 3. The fraction of sp³-hybridized carbons (Fsp3) is 0.609. The number of benzene rings is 1. The number of hydrogen-bond donors (Lipinski definition) is 1. The number of piperazine rings is 1. The topological polar surface area (TPSA) is 73.0 Å². The summed E-state index contributed by atoms with van der Waals surface area (Å²) in [6.07, 6.45) is 3.51. The van der Waals surface area contributed by atoms with Crippen LogP contribution in [0.3, 0.4) is 0 Å². The van der Waals surface area contributed by atoms with Gasteiger partial charge < -0.3 is 20.0 Å². The van der Waals surface area contributed by atoms with Crippen LogP contribution in [-0.4, -0.2) is 71.8 Å². The molecule has 0 aromatic heterocycles. The minimum Gasteiger partial charge on any atom is -0.339 e. The van der Waals surface area contributed by atoms with E-state index in [1.54, 1.807) is 11.8 Å². The molecule has 1 aromatic carbocycles. The second-order valence-corrected chi connectivity index (χ2v) is 8.27. The Morgan fingerprint density at radius 2 is 1.67 bits per heavy atom. The molecule has 0 saturated carbocycles. The molecule has 2 aliphatic heterocycles. The first-order chi connectivity index (χ1) is 14.5. The highest BCUT2D eigenvalue weighted by Crippen LogP contribution is 2.34. The van der Waals surface area contributed by atoms with Crippen LogP contribution < -0.4 is 5.32 Å². The lowest BCUT2D eigenvalue weighted by molar-refractivity contribution is -0.142. The smallest absolute Gasteiger partial charge is 0.317 e. The second-order valence-electron chi connectivity index (χ2n) is 8.27. The van der Waals surface area contributed by atoms with Gasteiger partial charge in [-0.05, 0) is 24.8 Å². The molecule has 0 bridgehead atoms. The molecule has 2 fully saturated rings. The monoisotopic (exact) mass is 414 g/mol. The molecule has 2 atom stereocenters. The Hall–Kier alpha value is -2.57. The molecule has 0 radical (unpaired) electrons. The van der Waals surface area contributed by atoms with Crippen molar-refractivity contribution in [3.05, 3.63) is 35.9 Å². The van der Waals surface area contributed by atoms with E-state index in [1.165, 1.54) is 0 Å². The third kappa shape index (κ3) is 5.32. The summed E-state index contributed by atoms with van der Waals surface area (Å²) in [5.41, 5.74) is 1.11. The molecule has 1 N–H and O–H groups in total. The molecule has 164 valence electrons. The number of urea groups is 1. The number of hydrogen-bond acceptors (Lipinski definition) is 3. The van der Waals surface area contributed by atoms with E-state index >= 15 is 0 Å². The molecule has 1 aromatic rings. The highest BCUT2D eigenvalue weighted by molar-refractivity contribution is 5.82. The first kappa shape index (κ1) is 22.1. The van der Waals surface area contributed by atoms with E-state index < -0.39 is 0 Å². The van der Waals surface area contributed by atoms with E-state index in [-0.39, 0.29) is 29.8 Å². The molecule has 2 aliphatic rings. The summed E-state index contributed by atoms with van der Waals surface area (Å²) in [7, 11) is 0. The van der Waals surface area contributed by atoms with Crippen LogP contribution in [0.5, 0.6) is 0 Å². The molecule has 30 heavy (non-hydrogen) atoms. The molecule has 0 spiro atoms. The second kappa shape index (κ2) is 10.5. The van der Waals surface area contributed by atoms with E-state index in [0.717, 1.165) is 31.2 Å². The van der Waals surface area contributed by atoms with Gasteiger partial charge in [-0.3, -0.25) is 9.59 Å². The molecule has 2 unspecified atom stereocenters. The largest absolute Gasteiger partial charge is 0.339 e. The van der Waals surface area contributed by atoms with Crippen LogP contribution in [-0.2, 0) is 9.59 Å². The van der Waals surface area contributed by atoms with Gasteiger partial charge in [0.1, 0.15) is 0 Å². The number of amides is 4. The Balaban J connectivity index is 1.67. The highest BCUT2D eigenvalue weighted by Gasteiger charge is 2.37. The quantitative estimate of drug-likeness (QED) is 0.753. The number of carbonyl (C=O) groups is 3. The van der Waals surface area contributed by atoms with Crippen molar-refractivity contribution in [3.63, 3.8) is 0 Å². The Labute approximate surface area is 179 Å². The van der Waals surface area contributed by atoms with E-state index in [4.69, 9.17) is 0 Å². The number of carbonyl (C=O) groups excluding carboxylic acids is 3. The maximum absolute atomic E-state index is 13.2. The molecule has 2 saturated heterocycles. The first-order valence-electron chi connectivity index (χ1n) is 11.1. The average molecular weight is 415 g/mol. The predicted molar refractivity (Wildman–Crippen MR) is 116 cm³/mol. The van der Waals surface area contributed by atoms with Gasteiger partial charge in [-0.25, -0.2) is 4.79 Å². The Kier molecular flexibility index (Phi) is 7.71. The van der Waals surface area contributed by atoms with Crippen LogP contribution in [0.4, 0.5) is 4.79 Å². The summed E-state index contributed by atoms with van der Waals surface area (Å²) in [5.74, 6) is -0.0257. The van der Waals surface area contributed by atoms with E-state index in [2.05, 4.69) is 24.4 Å². The molecule has 4 amide bonds. The van der Waals surface area contributed by atoms with Crippen molar-refractivity contribution < 1.29 is 14.4 Å². The van der Waals surface area contributed by atoms with Gasteiger partial charge >= 0.3 is 6.03 Å². The average Bonchev–Trinajstić information content (AvgIpc) is 2.79. The van der Waals surface area contributed by atoms with Crippen LogP contribution >= 0.6 is 0 Å². The maximum atomic E-state index is 13.2. The molecule has 3 rings (SSSR count). The van der Waals surface area contributed by atoms with Gasteiger partial charge in [0, 0.05) is 46.2 Å².